The molecule has 4 aliphatic heterocycles. The largest absolute Gasteiger partial charge is 0.454 e. The van der Waals surface area contributed by atoms with Crippen molar-refractivity contribution in [3.05, 3.63) is 222 Å². The Morgan fingerprint density at radius 2 is 1.10 bits per heavy atom. The lowest BCUT2D eigenvalue weighted by molar-refractivity contribution is 0.194. The van der Waals surface area contributed by atoms with E-state index in [0.717, 1.165) is 53.3 Å². The molecule has 4 unspecified atom stereocenters. The zero-order chi connectivity index (χ0) is 60.3. The van der Waals surface area contributed by atoms with E-state index in [-0.39, 0.29) is 34.0 Å². The van der Waals surface area contributed by atoms with E-state index in [9.17, 15) is 0 Å². The molecule has 18 rings (SSSR count). The lowest BCUT2D eigenvalue weighted by Gasteiger charge is -2.51. The smallest absolute Gasteiger partial charge is 0.252 e. The first-order valence-electron chi connectivity index (χ1n) is 32.9. The van der Waals surface area contributed by atoms with Gasteiger partial charge in [0.25, 0.3) is 6.71 Å². The van der Waals surface area contributed by atoms with Crippen molar-refractivity contribution in [2.75, 3.05) is 19.6 Å². The van der Waals surface area contributed by atoms with Crippen LogP contribution in [-0.4, -0.2) is 17.8 Å². The van der Waals surface area contributed by atoms with Crippen molar-refractivity contribution in [1.82, 2.24) is 0 Å². The van der Waals surface area contributed by atoms with Crippen LogP contribution in [0.2, 0.25) is 0 Å². The number of rotatable bonds is 5. The first kappa shape index (κ1) is 53.5. The zero-order valence-corrected chi connectivity index (χ0v) is 53.6. The number of hydrogen-bond donors (Lipinski definition) is 0. The summed E-state index contributed by atoms with van der Waals surface area (Å²) < 4.78 is 9.90. The maximum atomic E-state index is 7.30. The number of benzene rings is 10. The fraction of sp³-hybridized carbons (Fsp3) is 0.268. The Balaban J connectivity index is 0.989. The number of nitrogens with zero attached hydrogens (tertiary/aromatic N) is 4. The van der Waals surface area contributed by atoms with Crippen LogP contribution in [0.15, 0.2) is 199 Å². The third kappa shape index (κ3) is 7.14. The van der Waals surface area contributed by atoms with Crippen molar-refractivity contribution >= 4 is 133 Å². The normalized spacial score (nSPS) is 22.4. The molecule has 438 valence electrons. The number of thiophene rings is 1. The SMILES string of the molecule is Cc1cc(C)c2c(c1)N(c1cc3c4c(c1)N(c1cccc5sc6ccccc6c15)c1ccc(-c5ccccc5)cc1B4c1ccc(N4c5ccc(C(C)(C)C)cc5C5(C)CCCCC45C)cc1N3c1cccc3c1oc1ccccc13)C1(C)CCCCC21C. The molecule has 0 amide bonds. The molecule has 7 heteroatoms. The quantitative estimate of drug-likeness (QED) is 0.160. The predicted molar refractivity (Wildman–Crippen MR) is 380 cm³/mol. The molecule has 6 aliphatic rings. The van der Waals surface area contributed by atoms with Gasteiger partial charge >= 0.3 is 0 Å². The van der Waals surface area contributed by atoms with E-state index in [1.54, 1.807) is 0 Å². The molecular weight excluding hydrogens is 1100 g/mol. The van der Waals surface area contributed by atoms with E-state index in [1.807, 2.05) is 11.3 Å². The molecule has 0 radical (unpaired) electrons. The van der Waals surface area contributed by atoms with Gasteiger partial charge in [-0.15, -0.1) is 11.3 Å². The molecule has 0 N–H and O–H groups in total. The second-order valence-electron chi connectivity index (χ2n) is 29.1. The summed E-state index contributed by atoms with van der Waals surface area (Å²) in [5.74, 6) is 0. The minimum absolute atomic E-state index is 0.0249. The molecule has 5 nitrogen and oxygen atoms in total. The van der Waals surface area contributed by atoms with Crippen LogP contribution in [0.25, 0.3) is 53.2 Å². The average molecular weight is 1180 g/mol. The van der Waals surface area contributed by atoms with Gasteiger partial charge in [-0.05, 0) is 187 Å². The molecule has 10 aromatic carbocycles. The minimum atomic E-state index is -0.209. The van der Waals surface area contributed by atoms with Crippen molar-refractivity contribution in [3.63, 3.8) is 0 Å². The fourth-order valence-electron chi connectivity index (χ4n) is 18.8. The second-order valence-corrected chi connectivity index (χ2v) is 30.2. The molecule has 4 atom stereocenters. The average Bonchev–Trinajstić information content (AvgIpc) is 1.12. The fourth-order valence-corrected chi connectivity index (χ4v) is 19.9. The summed E-state index contributed by atoms with van der Waals surface area (Å²) in [5, 5.41) is 4.84. The maximum Gasteiger partial charge on any atom is 0.252 e. The standard InChI is InChI=1S/C82H75BN4OS/c1-50-43-51(2)75-68(44-50)87(82(9)42-20-18-40-80(75,82)7)56-48-69-76-70(49-56)85(66-29-21-27-58-57-25-13-15-30-71(57)88-77(58)66)67-47-55(86-63-38-34-54(78(3,4)5)46-60(63)79(6)39-17-19-41-81(79,86)8)35-36-61(67)83(76)62-45-53(52-23-11-10-12-24-52)33-37-64(62)84(69)65-28-22-32-73-74(65)59-26-14-16-31-72(59)89-73/h10-16,21-38,43-49H,17-20,39-42H2,1-9H3. The summed E-state index contributed by atoms with van der Waals surface area (Å²) in [5.41, 5.74) is 27.0. The van der Waals surface area contributed by atoms with E-state index >= 15 is 0 Å². The summed E-state index contributed by atoms with van der Waals surface area (Å²) in [7, 11) is 0. The van der Waals surface area contributed by atoms with Gasteiger partial charge in [-0.2, -0.15) is 0 Å². The number of para-hydroxylation sites is 2. The van der Waals surface area contributed by atoms with Gasteiger partial charge in [-0.25, -0.2) is 0 Å². The van der Waals surface area contributed by atoms with E-state index in [4.69, 9.17) is 4.42 Å². The molecular formula is C82H75BN4OS. The molecule has 0 spiro atoms. The zero-order valence-electron chi connectivity index (χ0n) is 52.8. The second kappa shape index (κ2) is 18.5. The van der Waals surface area contributed by atoms with Crippen molar-refractivity contribution in [3.8, 4) is 11.1 Å². The van der Waals surface area contributed by atoms with Gasteiger partial charge in [0.05, 0.1) is 22.5 Å². The van der Waals surface area contributed by atoms with Crippen LogP contribution in [0.1, 0.15) is 128 Å². The molecule has 89 heavy (non-hydrogen) atoms. The van der Waals surface area contributed by atoms with Crippen LogP contribution in [0.3, 0.4) is 0 Å². The number of hydrogen-bond acceptors (Lipinski definition) is 6. The maximum absolute atomic E-state index is 7.30. The van der Waals surface area contributed by atoms with Crippen LogP contribution in [0.5, 0.6) is 0 Å². The van der Waals surface area contributed by atoms with Crippen LogP contribution in [-0.2, 0) is 16.2 Å². The number of aryl methyl sites for hydroxylation is 2. The van der Waals surface area contributed by atoms with Crippen LogP contribution in [0.4, 0.5) is 56.9 Å². The van der Waals surface area contributed by atoms with Gasteiger partial charge in [-0.3, -0.25) is 0 Å². The summed E-state index contributed by atoms with van der Waals surface area (Å²) in [4.78, 5) is 11.0. The van der Waals surface area contributed by atoms with E-state index < -0.39 is 0 Å². The first-order valence-corrected chi connectivity index (χ1v) is 33.7. The molecule has 0 bridgehead atoms. The number of anilines is 10. The molecule has 0 saturated heterocycles. The van der Waals surface area contributed by atoms with Crippen molar-refractivity contribution in [2.24, 2.45) is 0 Å². The molecule has 2 aliphatic carbocycles. The van der Waals surface area contributed by atoms with E-state index in [1.165, 1.54) is 152 Å². The highest BCUT2D eigenvalue weighted by atomic mass is 32.1. The Morgan fingerprint density at radius 1 is 0.461 bits per heavy atom. The van der Waals surface area contributed by atoms with Crippen LogP contribution in [0, 0.1) is 13.8 Å². The molecule has 2 saturated carbocycles. The molecule has 2 aromatic heterocycles. The van der Waals surface area contributed by atoms with Gasteiger partial charge in [-0.1, -0.05) is 182 Å². The van der Waals surface area contributed by atoms with Crippen molar-refractivity contribution in [2.45, 2.75) is 141 Å². The Bertz CT molecular complexity index is 5010. The highest BCUT2D eigenvalue weighted by Gasteiger charge is 2.60. The van der Waals surface area contributed by atoms with Crippen molar-refractivity contribution in [1.29, 1.82) is 0 Å². The number of fused-ring (bicyclic) bond motifs is 16. The van der Waals surface area contributed by atoms with Crippen LogP contribution >= 0.6 is 11.3 Å². The van der Waals surface area contributed by atoms with Crippen molar-refractivity contribution < 1.29 is 4.42 Å². The highest BCUT2D eigenvalue weighted by molar-refractivity contribution is 7.26. The Kier molecular flexibility index (Phi) is 11.1. The van der Waals surface area contributed by atoms with E-state index in [0.29, 0.717) is 0 Å². The minimum Gasteiger partial charge on any atom is -0.454 e. The Hall–Kier alpha value is -8.52. The molecule has 12 aromatic rings. The third-order valence-electron chi connectivity index (χ3n) is 23.4. The lowest BCUT2D eigenvalue weighted by Crippen LogP contribution is -2.61. The Morgan fingerprint density at radius 3 is 1.90 bits per heavy atom. The summed E-state index contributed by atoms with van der Waals surface area (Å²) >= 11 is 1.90. The van der Waals surface area contributed by atoms with Gasteiger partial charge < -0.3 is 24.0 Å². The van der Waals surface area contributed by atoms with Gasteiger partial charge in [0.1, 0.15) is 5.58 Å². The van der Waals surface area contributed by atoms with Gasteiger partial charge in [0.2, 0.25) is 0 Å². The first-order chi connectivity index (χ1) is 43.1. The summed E-state index contributed by atoms with van der Waals surface area (Å²) in [6.45, 7) is 22.0. The monoisotopic (exact) mass is 1170 g/mol. The summed E-state index contributed by atoms with van der Waals surface area (Å²) in [6, 6.07) is 75.5. The summed E-state index contributed by atoms with van der Waals surface area (Å²) in [6.07, 6.45) is 9.39. The lowest BCUT2D eigenvalue weighted by atomic mass is 9.33. The Labute approximate surface area is 528 Å². The van der Waals surface area contributed by atoms with Gasteiger partial charge in [0.15, 0.2) is 5.58 Å². The molecule has 6 heterocycles. The predicted octanol–water partition coefficient (Wildman–Crippen LogP) is 21.1. The topological polar surface area (TPSA) is 26.1 Å². The number of furan rings is 1. The third-order valence-corrected chi connectivity index (χ3v) is 24.5. The van der Waals surface area contributed by atoms with Crippen LogP contribution < -0.4 is 36.0 Å². The van der Waals surface area contributed by atoms with Gasteiger partial charge in [0, 0.05) is 87.3 Å². The highest BCUT2D eigenvalue weighted by Crippen LogP contribution is 2.65. The molecule has 2 fully saturated rings. The van der Waals surface area contributed by atoms with E-state index in [2.05, 4.69) is 276 Å².